The summed E-state index contributed by atoms with van der Waals surface area (Å²) in [6.07, 6.45) is -1.77. The molecular formula is C17H17ClF3N5O3S. The van der Waals surface area contributed by atoms with Crippen LogP contribution < -0.4 is 0 Å². The Morgan fingerprint density at radius 1 is 1.23 bits per heavy atom. The third-order valence-corrected chi connectivity index (χ3v) is 7.32. The van der Waals surface area contributed by atoms with E-state index in [0.29, 0.717) is 31.3 Å². The Morgan fingerprint density at radius 3 is 2.60 bits per heavy atom. The molecule has 0 atom stereocenters. The zero-order chi connectivity index (χ0) is 21.7. The molecule has 2 aromatic rings. The molecule has 0 saturated carbocycles. The molecule has 1 aromatic carbocycles. The molecule has 0 unspecified atom stereocenters. The number of hydrogen-bond donors (Lipinski definition) is 0. The van der Waals surface area contributed by atoms with Gasteiger partial charge in [-0.3, -0.25) is 4.79 Å². The Morgan fingerprint density at radius 2 is 1.97 bits per heavy atom. The Balaban J connectivity index is 1.43. The number of carbonyl (C=O) groups is 1. The van der Waals surface area contributed by atoms with Crippen LogP contribution in [0.15, 0.2) is 29.3 Å². The molecule has 0 N–H and O–H groups in total. The van der Waals surface area contributed by atoms with Crippen LogP contribution in [0, 0.1) is 0 Å². The fourth-order valence-corrected chi connectivity index (χ4v) is 5.21. The standard InChI is InChI=1S/C17H17ClF3N5O3S/c18-15-4-3-13(6-14(15)17(19,20)21)30(28,29)25-9-12(10-25)26-8-11(22-23-26)7-24-5-1-2-16(24)27/h3-4,6,8,12H,1-2,5,7,9-10H2. The van der Waals surface area contributed by atoms with Gasteiger partial charge in [0.2, 0.25) is 15.9 Å². The van der Waals surface area contributed by atoms with Crippen LogP contribution in [0.25, 0.3) is 0 Å². The van der Waals surface area contributed by atoms with Crippen molar-refractivity contribution in [1.29, 1.82) is 0 Å². The number of benzene rings is 1. The number of halogens is 4. The lowest BCUT2D eigenvalue weighted by molar-refractivity contribution is -0.137. The molecule has 2 fully saturated rings. The second-order valence-electron chi connectivity index (χ2n) is 7.22. The van der Waals surface area contributed by atoms with Crippen molar-refractivity contribution in [2.75, 3.05) is 19.6 Å². The van der Waals surface area contributed by atoms with Crippen LogP contribution >= 0.6 is 11.6 Å². The summed E-state index contributed by atoms with van der Waals surface area (Å²) >= 11 is 5.56. The second kappa shape index (κ2) is 7.50. The summed E-state index contributed by atoms with van der Waals surface area (Å²) < 4.78 is 67.1. The first-order valence-electron chi connectivity index (χ1n) is 9.11. The van der Waals surface area contributed by atoms with Gasteiger partial charge in [0, 0.05) is 26.1 Å². The number of alkyl halides is 3. The largest absolute Gasteiger partial charge is 0.417 e. The molecule has 1 amide bonds. The van der Waals surface area contributed by atoms with Gasteiger partial charge in [-0.2, -0.15) is 17.5 Å². The molecule has 13 heteroatoms. The molecule has 0 aliphatic carbocycles. The minimum Gasteiger partial charge on any atom is -0.337 e. The van der Waals surface area contributed by atoms with Crippen LogP contribution in [-0.4, -0.2) is 58.2 Å². The van der Waals surface area contributed by atoms with Crippen molar-refractivity contribution < 1.29 is 26.4 Å². The molecule has 0 radical (unpaired) electrons. The van der Waals surface area contributed by atoms with Crippen molar-refractivity contribution >= 4 is 27.5 Å². The maximum Gasteiger partial charge on any atom is 0.417 e. The summed E-state index contributed by atoms with van der Waals surface area (Å²) in [6, 6.07) is 2.24. The Bertz CT molecular complexity index is 1080. The number of carbonyl (C=O) groups excluding carboxylic acids is 1. The minimum absolute atomic E-state index is 0.0533. The number of sulfonamides is 1. The third-order valence-electron chi connectivity index (χ3n) is 5.17. The molecule has 2 saturated heterocycles. The van der Waals surface area contributed by atoms with E-state index in [0.717, 1.165) is 22.9 Å². The van der Waals surface area contributed by atoms with Gasteiger partial charge < -0.3 is 4.90 Å². The minimum atomic E-state index is -4.76. The third kappa shape index (κ3) is 3.91. The smallest absolute Gasteiger partial charge is 0.337 e. The van der Waals surface area contributed by atoms with Crippen LogP contribution in [0.1, 0.15) is 30.1 Å². The van der Waals surface area contributed by atoms with Gasteiger partial charge in [0.05, 0.1) is 34.3 Å². The van der Waals surface area contributed by atoms with Gasteiger partial charge in [-0.05, 0) is 24.6 Å². The van der Waals surface area contributed by atoms with Crippen molar-refractivity contribution in [1.82, 2.24) is 24.2 Å². The lowest BCUT2D eigenvalue weighted by Crippen LogP contribution is -2.50. The Hall–Kier alpha value is -2.18. The van der Waals surface area contributed by atoms with E-state index in [4.69, 9.17) is 11.6 Å². The van der Waals surface area contributed by atoms with Crippen molar-refractivity contribution in [3.8, 4) is 0 Å². The molecule has 162 valence electrons. The maximum absolute atomic E-state index is 13.0. The summed E-state index contributed by atoms with van der Waals surface area (Å²) in [5.74, 6) is 0.0617. The van der Waals surface area contributed by atoms with E-state index in [9.17, 15) is 26.4 Å². The second-order valence-corrected chi connectivity index (χ2v) is 9.57. The SMILES string of the molecule is O=C1CCCN1Cc1cn(C2CN(S(=O)(=O)c3ccc(Cl)c(C(F)(F)F)c3)C2)nn1. The van der Waals surface area contributed by atoms with Crippen LogP contribution in [0.5, 0.6) is 0 Å². The zero-order valence-corrected chi connectivity index (χ0v) is 17.1. The van der Waals surface area contributed by atoms with Crippen LogP contribution in [0.3, 0.4) is 0 Å². The first-order valence-corrected chi connectivity index (χ1v) is 10.9. The maximum atomic E-state index is 13.0. The van der Waals surface area contributed by atoms with Gasteiger partial charge in [-0.15, -0.1) is 5.10 Å². The predicted molar refractivity (Wildman–Crippen MR) is 98.9 cm³/mol. The van der Waals surface area contributed by atoms with Gasteiger partial charge in [0.1, 0.15) is 5.69 Å². The molecule has 30 heavy (non-hydrogen) atoms. The van der Waals surface area contributed by atoms with E-state index >= 15 is 0 Å². The summed E-state index contributed by atoms with van der Waals surface area (Å²) in [7, 11) is -4.10. The average molecular weight is 464 g/mol. The number of likely N-dealkylation sites (tertiary alicyclic amines) is 1. The highest BCUT2D eigenvalue weighted by Crippen LogP contribution is 2.37. The molecule has 2 aliphatic heterocycles. The first kappa shape index (κ1) is 21.1. The number of rotatable bonds is 5. The highest BCUT2D eigenvalue weighted by molar-refractivity contribution is 7.89. The summed E-state index contributed by atoms with van der Waals surface area (Å²) in [4.78, 5) is 12.9. The highest BCUT2D eigenvalue weighted by atomic mass is 35.5. The van der Waals surface area contributed by atoms with Crippen molar-refractivity contribution in [3.05, 3.63) is 40.7 Å². The van der Waals surface area contributed by atoms with E-state index in [2.05, 4.69) is 10.3 Å². The van der Waals surface area contributed by atoms with Gasteiger partial charge >= 0.3 is 6.18 Å². The van der Waals surface area contributed by atoms with Crippen molar-refractivity contribution in [2.45, 2.75) is 36.5 Å². The number of aromatic nitrogens is 3. The molecule has 2 aliphatic rings. The van der Waals surface area contributed by atoms with E-state index in [1.54, 1.807) is 11.1 Å². The van der Waals surface area contributed by atoms with Gasteiger partial charge in [-0.25, -0.2) is 13.1 Å². The van der Waals surface area contributed by atoms with Crippen LogP contribution in [0.4, 0.5) is 13.2 Å². The fourth-order valence-electron chi connectivity index (χ4n) is 3.44. The fraction of sp³-hybridized carbons (Fsp3) is 0.471. The van der Waals surface area contributed by atoms with Crippen molar-refractivity contribution in [2.24, 2.45) is 0 Å². The molecular weight excluding hydrogens is 447 g/mol. The van der Waals surface area contributed by atoms with Crippen LogP contribution in [-0.2, 0) is 27.5 Å². The zero-order valence-electron chi connectivity index (χ0n) is 15.5. The Kier molecular flexibility index (Phi) is 5.27. The van der Waals surface area contributed by atoms with E-state index in [1.807, 2.05) is 0 Å². The lowest BCUT2D eigenvalue weighted by atomic mass is 10.2. The number of amides is 1. The van der Waals surface area contributed by atoms with Gasteiger partial charge in [0.25, 0.3) is 0 Å². The van der Waals surface area contributed by atoms with Crippen LogP contribution in [0.2, 0.25) is 5.02 Å². The topological polar surface area (TPSA) is 88.4 Å². The predicted octanol–water partition coefficient (Wildman–Crippen LogP) is 2.32. The summed E-state index contributed by atoms with van der Waals surface area (Å²) in [5.41, 5.74) is -0.598. The molecule has 0 spiro atoms. The quantitative estimate of drug-likeness (QED) is 0.679. The monoisotopic (exact) mass is 463 g/mol. The van der Waals surface area contributed by atoms with E-state index < -0.39 is 31.7 Å². The number of hydrogen-bond acceptors (Lipinski definition) is 5. The highest BCUT2D eigenvalue weighted by Gasteiger charge is 2.40. The van der Waals surface area contributed by atoms with E-state index in [-0.39, 0.29) is 25.0 Å². The molecule has 1 aromatic heterocycles. The molecule has 8 nitrogen and oxygen atoms in total. The lowest BCUT2D eigenvalue weighted by Gasteiger charge is -2.37. The van der Waals surface area contributed by atoms with Crippen molar-refractivity contribution in [3.63, 3.8) is 0 Å². The molecule has 4 rings (SSSR count). The van der Waals surface area contributed by atoms with Gasteiger partial charge in [0.15, 0.2) is 0 Å². The Labute approximate surface area is 175 Å². The summed E-state index contributed by atoms with van der Waals surface area (Å²) in [6.45, 7) is 1.12. The van der Waals surface area contributed by atoms with E-state index in [1.165, 1.54) is 4.68 Å². The molecule has 3 heterocycles. The molecule has 0 bridgehead atoms. The first-order chi connectivity index (χ1) is 14.1. The normalized spacial score (nSPS) is 18.8. The summed E-state index contributed by atoms with van der Waals surface area (Å²) in [5, 5.41) is 7.46. The number of nitrogens with zero attached hydrogens (tertiary/aromatic N) is 5. The average Bonchev–Trinajstić information content (AvgIpc) is 3.22. The van der Waals surface area contributed by atoms with Gasteiger partial charge in [-0.1, -0.05) is 16.8 Å².